The van der Waals surface area contributed by atoms with Crippen molar-refractivity contribution in [2.45, 2.75) is 36.1 Å². The molecule has 0 aliphatic heterocycles. The number of hydrogen-bond acceptors (Lipinski definition) is 8. The summed E-state index contributed by atoms with van der Waals surface area (Å²) >= 11 is 1.25. The molecule has 168 valence electrons. The van der Waals surface area contributed by atoms with Gasteiger partial charge in [0.25, 0.3) is 0 Å². The summed E-state index contributed by atoms with van der Waals surface area (Å²) in [7, 11) is -1.32. The van der Waals surface area contributed by atoms with Gasteiger partial charge in [-0.3, -0.25) is 9.36 Å². The van der Waals surface area contributed by atoms with Crippen LogP contribution in [0.1, 0.15) is 18.9 Å². The third-order valence-electron chi connectivity index (χ3n) is 4.11. The van der Waals surface area contributed by atoms with Gasteiger partial charge in [-0.25, -0.2) is 4.79 Å². The molecule has 0 radical (unpaired) electrons. The molecule has 10 heteroatoms. The maximum Gasteiger partial charge on any atom is 0.408 e. The number of carbonyl (C=O) groups is 2. The molecular formula is C21H26NO7PS. The largest absolute Gasteiger partial charge is 0.451 e. The zero-order valence-electron chi connectivity index (χ0n) is 17.6. The molecule has 0 aliphatic carbocycles. The molecule has 2 unspecified atom stereocenters. The molecule has 31 heavy (non-hydrogen) atoms. The Labute approximate surface area is 186 Å². The van der Waals surface area contributed by atoms with Crippen LogP contribution in [-0.4, -0.2) is 37.5 Å². The van der Waals surface area contributed by atoms with Crippen LogP contribution in [0.25, 0.3) is 0 Å². The highest BCUT2D eigenvalue weighted by atomic mass is 32.2. The summed E-state index contributed by atoms with van der Waals surface area (Å²) in [5, 5.41) is 2.54. The van der Waals surface area contributed by atoms with Gasteiger partial charge in [0.2, 0.25) is 0 Å². The second-order valence-electron chi connectivity index (χ2n) is 6.33. The SMILES string of the molecule is COP(=O)(OC)C(CC(OC(C)=O)Sc1ccccc1)NC(=O)OCc1ccccc1. The number of hydrogen-bond donors (Lipinski definition) is 1. The molecule has 0 aromatic heterocycles. The monoisotopic (exact) mass is 467 g/mol. The first kappa shape index (κ1) is 24.9. The van der Waals surface area contributed by atoms with Crippen LogP contribution in [0.2, 0.25) is 0 Å². The normalized spacial score (nSPS) is 13.1. The Kier molecular flexibility index (Phi) is 10.1. The van der Waals surface area contributed by atoms with E-state index >= 15 is 0 Å². The van der Waals surface area contributed by atoms with E-state index in [-0.39, 0.29) is 13.0 Å². The van der Waals surface area contributed by atoms with E-state index in [1.807, 2.05) is 60.7 Å². The molecule has 0 heterocycles. The third kappa shape index (κ3) is 8.38. The lowest BCUT2D eigenvalue weighted by Gasteiger charge is -2.28. The number of ether oxygens (including phenoxy) is 2. The number of benzene rings is 2. The molecule has 0 bridgehead atoms. The number of nitrogens with one attached hydrogen (secondary N) is 1. The summed E-state index contributed by atoms with van der Waals surface area (Å²) in [4.78, 5) is 24.8. The van der Waals surface area contributed by atoms with Crippen molar-refractivity contribution in [3.63, 3.8) is 0 Å². The van der Waals surface area contributed by atoms with Gasteiger partial charge in [0, 0.05) is 32.5 Å². The second-order valence-corrected chi connectivity index (χ2v) is 10.00. The predicted octanol–water partition coefficient (Wildman–Crippen LogP) is 4.80. The van der Waals surface area contributed by atoms with Gasteiger partial charge in [-0.05, 0) is 17.7 Å². The molecule has 0 spiro atoms. The number of carbonyl (C=O) groups excluding carboxylic acids is 2. The van der Waals surface area contributed by atoms with Crippen LogP contribution < -0.4 is 5.32 Å². The highest BCUT2D eigenvalue weighted by molar-refractivity contribution is 7.99. The number of amides is 1. The highest BCUT2D eigenvalue weighted by Crippen LogP contribution is 2.53. The number of rotatable bonds is 11. The Morgan fingerprint density at radius 2 is 1.58 bits per heavy atom. The first-order chi connectivity index (χ1) is 14.9. The van der Waals surface area contributed by atoms with Gasteiger partial charge >= 0.3 is 19.7 Å². The molecule has 0 saturated carbocycles. The van der Waals surface area contributed by atoms with Crippen molar-refractivity contribution in [3.05, 3.63) is 66.2 Å². The summed E-state index contributed by atoms with van der Waals surface area (Å²) in [6.07, 6.45) is -0.826. The summed E-state index contributed by atoms with van der Waals surface area (Å²) in [6, 6.07) is 18.4. The van der Waals surface area contributed by atoms with Crippen LogP contribution in [0, 0.1) is 0 Å². The molecule has 2 rings (SSSR count). The van der Waals surface area contributed by atoms with Crippen LogP contribution in [-0.2, 0) is 34.5 Å². The van der Waals surface area contributed by atoms with Gasteiger partial charge in [-0.1, -0.05) is 60.3 Å². The Morgan fingerprint density at radius 1 is 1.00 bits per heavy atom. The van der Waals surface area contributed by atoms with Crippen LogP contribution in [0.15, 0.2) is 65.6 Å². The van der Waals surface area contributed by atoms with E-state index in [1.54, 1.807) is 0 Å². The van der Waals surface area contributed by atoms with Crippen LogP contribution in [0.4, 0.5) is 4.79 Å². The fourth-order valence-corrected chi connectivity index (χ4v) is 5.24. The Bertz CT molecular complexity index is 874. The lowest BCUT2D eigenvalue weighted by molar-refractivity contribution is -0.142. The van der Waals surface area contributed by atoms with Crippen molar-refractivity contribution in [1.82, 2.24) is 5.32 Å². The first-order valence-corrected chi connectivity index (χ1v) is 11.9. The quantitative estimate of drug-likeness (QED) is 0.218. The lowest BCUT2D eigenvalue weighted by atomic mass is 10.2. The standard InChI is InChI=1S/C21H26NO7PS/c1-16(23)29-20(31-18-12-8-5-9-13-18)14-19(30(25,26-2)27-3)22-21(24)28-15-17-10-6-4-7-11-17/h4-13,19-20H,14-15H2,1-3H3,(H,22,24). The molecule has 8 nitrogen and oxygen atoms in total. The van der Waals surface area contributed by atoms with Crippen molar-refractivity contribution in [2.24, 2.45) is 0 Å². The fraction of sp³-hybridized carbons (Fsp3) is 0.333. The zero-order valence-corrected chi connectivity index (χ0v) is 19.3. The Morgan fingerprint density at radius 3 is 2.13 bits per heavy atom. The van der Waals surface area contributed by atoms with Gasteiger partial charge in [-0.15, -0.1) is 0 Å². The van der Waals surface area contributed by atoms with Gasteiger partial charge in [0.05, 0.1) is 0 Å². The van der Waals surface area contributed by atoms with Crippen LogP contribution in [0.5, 0.6) is 0 Å². The average Bonchev–Trinajstić information content (AvgIpc) is 2.77. The van der Waals surface area contributed by atoms with Crippen molar-refractivity contribution in [3.8, 4) is 0 Å². The van der Waals surface area contributed by atoms with E-state index in [2.05, 4.69) is 5.32 Å². The molecule has 2 aromatic carbocycles. The summed E-state index contributed by atoms with van der Waals surface area (Å²) in [5.41, 5.74) is 0.0474. The Balaban J connectivity index is 2.13. The maximum absolute atomic E-state index is 13.1. The van der Waals surface area contributed by atoms with E-state index in [0.29, 0.717) is 0 Å². The molecule has 2 atom stereocenters. The van der Waals surface area contributed by atoms with Gasteiger partial charge in [0.1, 0.15) is 12.4 Å². The van der Waals surface area contributed by atoms with E-state index in [1.165, 1.54) is 32.9 Å². The molecule has 0 fully saturated rings. The minimum absolute atomic E-state index is 0.0292. The molecule has 0 aliphatic rings. The topological polar surface area (TPSA) is 100 Å². The second kappa shape index (κ2) is 12.5. The van der Waals surface area contributed by atoms with E-state index in [0.717, 1.165) is 10.5 Å². The molecule has 1 N–H and O–H groups in total. The van der Waals surface area contributed by atoms with Crippen LogP contribution >= 0.6 is 19.4 Å². The molecular weight excluding hydrogens is 441 g/mol. The molecule has 0 saturated heterocycles. The Hall–Kier alpha value is -2.32. The average molecular weight is 467 g/mol. The van der Waals surface area contributed by atoms with Crippen LogP contribution in [0.3, 0.4) is 0 Å². The van der Waals surface area contributed by atoms with E-state index in [4.69, 9.17) is 18.5 Å². The number of thioether (sulfide) groups is 1. The first-order valence-electron chi connectivity index (χ1n) is 9.43. The molecule has 2 aromatic rings. The minimum Gasteiger partial charge on any atom is -0.451 e. The fourth-order valence-electron chi connectivity index (χ4n) is 2.64. The lowest BCUT2D eigenvalue weighted by Crippen LogP contribution is -2.38. The predicted molar refractivity (Wildman–Crippen MR) is 118 cm³/mol. The van der Waals surface area contributed by atoms with Gasteiger partial charge in [-0.2, -0.15) is 0 Å². The summed E-state index contributed by atoms with van der Waals surface area (Å²) in [5.74, 6) is -1.62. The van der Waals surface area contributed by atoms with Crippen molar-refractivity contribution in [1.29, 1.82) is 0 Å². The number of esters is 1. The van der Waals surface area contributed by atoms with E-state index < -0.39 is 30.9 Å². The van der Waals surface area contributed by atoms with Crippen molar-refractivity contribution < 1.29 is 32.7 Å². The maximum atomic E-state index is 13.1. The molecule has 1 amide bonds. The minimum atomic E-state index is -3.76. The van der Waals surface area contributed by atoms with Gasteiger partial charge in [0.15, 0.2) is 5.44 Å². The zero-order chi connectivity index (χ0) is 22.7. The summed E-state index contributed by atoms with van der Waals surface area (Å²) < 4.78 is 33.8. The third-order valence-corrected chi connectivity index (χ3v) is 7.33. The van der Waals surface area contributed by atoms with Crippen molar-refractivity contribution >= 4 is 31.4 Å². The smallest absolute Gasteiger partial charge is 0.408 e. The van der Waals surface area contributed by atoms with E-state index in [9.17, 15) is 14.2 Å². The summed E-state index contributed by atoms with van der Waals surface area (Å²) in [6.45, 7) is 1.32. The van der Waals surface area contributed by atoms with Gasteiger partial charge < -0.3 is 23.8 Å². The highest BCUT2D eigenvalue weighted by Gasteiger charge is 2.38. The van der Waals surface area contributed by atoms with Crippen molar-refractivity contribution in [2.75, 3.05) is 14.2 Å². The number of alkyl carbamates (subject to hydrolysis) is 1.